The zero-order chi connectivity index (χ0) is 20.2. The predicted molar refractivity (Wildman–Crippen MR) is 117 cm³/mol. The van der Waals surface area contributed by atoms with Crippen LogP contribution in [0.5, 0.6) is 5.75 Å². The van der Waals surface area contributed by atoms with Crippen molar-refractivity contribution in [1.82, 2.24) is 9.97 Å². The molecule has 0 saturated heterocycles. The van der Waals surface area contributed by atoms with E-state index in [9.17, 15) is 4.79 Å². The van der Waals surface area contributed by atoms with E-state index in [4.69, 9.17) is 16.3 Å². The second kappa shape index (κ2) is 8.20. The maximum absolute atomic E-state index is 12.5. The topological polar surface area (TPSA) is 67.0 Å². The Morgan fingerprint density at radius 3 is 2.62 bits per heavy atom. The third kappa shape index (κ3) is 4.31. The average Bonchev–Trinajstić information content (AvgIpc) is 3.18. The van der Waals surface area contributed by atoms with Crippen LogP contribution in [0.25, 0.3) is 22.1 Å². The molecular weight excluding hydrogens is 386 g/mol. The van der Waals surface area contributed by atoms with E-state index < -0.39 is 0 Å². The van der Waals surface area contributed by atoms with Gasteiger partial charge in [0.2, 0.25) is 0 Å². The van der Waals surface area contributed by atoms with Gasteiger partial charge in [0.1, 0.15) is 11.6 Å². The molecule has 1 heterocycles. The minimum Gasteiger partial charge on any atom is -0.497 e. The van der Waals surface area contributed by atoms with E-state index >= 15 is 0 Å². The lowest BCUT2D eigenvalue weighted by Crippen LogP contribution is -2.11. The summed E-state index contributed by atoms with van der Waals surface area (Å²) < 4.78 is 5.12. The first-order valence-corrected chi connectivity index (χ1v) is 9.38. The Balaban J connectivity index is 1.53. The lowest BCUT2D eigenvalue weighted by molar-refractivity contribution is 0.102. The number of rotatable bonds is 5. The van der Waals surface area contributed by atoms with Crippen LogP contribution in [0.1, 0.15) is 21.7 Å². The maximum atomic E-state index is 12.5. The Kier molecular flexibility index (Phi) is 5.31. The molecule has 4 aromatic rings. The van der Waals surface area contributed by atoms with Crippen molar-refractivity contribution in [3.05, 3.63) is 89.7 Å². The quantitative estimate of drug-likeness (QED) is 0.458. The lowest BCUT2D eigenvalue weighted by atomic mass is 10.1. The Labute approximate surface area is 173 Å². The largest absolute Gasteiger partial charge is 0.497 e. The van der Waals surface area contributed by atoms with Crippen molar-refractivity contribution in [2.45, 2.75) is 0 Å². The fourth-order valence-corrected chi connectivity index (χ4v) is 3.15. The summed E-state index contributed by atoms with van der Waals surface area (Å²) in [7, 11) is 1.59. The van der Waals surface area contributed by atoms with Gasteiger partial charge in [0.15, 0.2) is 0 Å². The van der Waals surface area contributed by atoms with Gasteiger partial charge in [-0.1, -0.05) is 35.9 Å². The van der Waals surface area contributed by atoms with E-state index in [2.05, 4.69) is 15.3 Å². The number of ether oxygens (including phenoxy) is 1. The molecule has 0 unspecified atom stereocenters. The molecule has 2 N–H and O–H groups in total. The number of imidazole rings is 1. The molecule has 0 spiro atoms. The lowest BCUT2D eigenvalue weighted by Gasteiger charge is -2.07. The third-order valence-electron chi connectivity index (χ3n) is 4.41. The summed E-state index contributed by atoms with van der Waals surface area (Å²) in [5.41, 5.74) is 3.85. The molecule has 0 radical (unpaired) electrons. The van der Waals surface area contributed by atoms with Crippen molar-refractivity contribution >= 4 is 45.3 Å². The molecule has 1 aromatic heterocycles. The molecule has 0 bridgehead atoms. The second-order valence-corrected chi connectivity index (χ2v) is 6.81. The number of anilines is 1. The van der Waals surface area contributed by atoms with Crippen molar-refractivity contribution < 1.29 is 9.53 Å². The zero-order valence-electron chi connectivity index (χ0n) is 15.6. The highest BCUT2D eigenvalue weighted by Gasteiger charge is 2.08. The molecule has 0 aliphatic heterocycles. The molecule has 5 nitrogen and oxygen atoms in total. The predicted octanol–water partition coefficient (Wildman–Crippen LogP) is 5.56. The minimum atomic E-state index is -0.197. The fraction of sp³-hybridized carbons (Fsp3) is 0.0435. The number of benzene rings is 3. The molecule has 144 valence electrons. The average molecular weight is 404 g/mol. The highest BCUT2D eigenvalue weighted by Crippen LogP contribution is 2.24. The normalized spacial score (nSPS) is 11.4. The SMILES string of the molecule is COc1ccc(C(=O)Nc2cccc(/C=C(/Cl)c3nc4ccccc4[nH]3)c2)cc1. The summed E-state index contributed by atoms with van der Waals surface area (Å²) in [6, 6.07) is 22.1. The maximum Gasteiger partial charge on any atom is 0.255 e. The molecule has 29 heavy (non-hydrogen) atoms. The third-order valence-corrected chi connectivity index (χ3v) is 4.69. The number of halogens is 1. The Hall–Kier alpha value is -3.57. The van der Waals surface area contributed by atoms with Crippen LogP contribution in [-0.2, 0) is 0 Å². The summed E-state index contributed by atoms with van der Waals surface area (Å²) in [5.74, 6) is 1.10. The zero-order valence-corrected chi connectivity index (χ0v) is 16.4. The van der Waals surface area contributed by atoms with Crippen molar-refractivity contribution in [3.63, 3.8) is 0 Å². The van der Waals surface area contributed by atoms with E-state index in [1.807, 2.05) is 54.6 Å². The van der Waals surface area contributed by atoms with Gasteiger partial charge in [0.25, 0.3) is 5.91 Å². The Bertz CT molecular complexity index is 1160. The first-order chi connectivity index (χ1) is 14.1. The van der Waals surface area contributed by atoms with E-state index in [-0.39, 0.29) is 5.91 Å². The second-order valence-electron chi connectivity index (χ2n) is 6.40. The summed E-state index contributed by atoms with van der Waals surface area (Å²) >= 11 is 6.46. The van der Waals surface area contributed by atoms with Crippen LogP contribution in [-0.4, -0.2) is 23.0 Å². The summed E-state index contributed by atoms with van der Waals surface area (Å²) in [6.45, 7) is 0. The van der Waals surface area contributed by atoms with Crippen molar-refractivity contribution in [2.24, 2.45) is 0 Å². The minimum absolute atomic E-state index is 0.197. The highest BCUT2D eigenvalue weighted by atomic mass is 35.5. The number of methoxy groups -OCH3 is 1. The molecule has 0 atom stereocenters. The monoisotopic (exact) mass is 403 g/mol. The Morgan fingerprint density at radius 1 is 1.07 bits per heavy atom. The molecule has 6 heteroatoms. The van der Waals surface area contributed by atoms with Crippen LogP contribution < -0.4 is 10.1 Å². The van der Waals surface area contributed by atoms with E-state index in [0.29, 0.717) is 27.9 Å². The van der Waals surface area contributed by atoms with Gasteiger partial charge >= 0.3 is 0 Å². The summed E-state index contributed by atoms with van der Waals surface area (Å²) in [5, 5.41) is 3.38. The molecule has 4 rings (SSSR count). The molecule has 0 fully saturated rings. The molecule has 0 aliphatic rings. The van der Waals surface area contributed by atoms with Crippen molar-refractivity contribution in [1.29, 1.82) is 0 Å². The van der Waals surface area contributed by atoms with Crippen LogP contribution >= 0.6 is 11.6 Å². The van der Waals surface area contributed by atoms with Gasteiger partial charge in [0, 0.05) is 11.3 Å². The van der Waals surface area contributed by atoms with Crippen LogP contribution in [0.3, 0.4) is 0 Å². The van der Waals surface area contributed by atoms with E-state index in [0.717, 1.165) is 16.6 Å². The van der Waals surface area contributed by atoms with Gasteiger partial charge in [-0.2, -0.15) is 0 Å². The number of aromatic nitrogens is 2. The van der Waals surface area contributed by atoms with Crippen LogP contribution in [0.4, 0.5) is 5.69 Å². The number of hydrogen-bond donors (Lipinski definition) is 2. The van der Waals surface area contributed by atoms with Gasteiger partial charge in [-0.05, 0) is 60.2 Å². The molecule has 1 amide bonds. The van der Waals surface area contributed by atoms with E-state index in [1.54, 1.807) is 31.4 Å². The summed E-state index contributed by atoms with van der Waals surface area (Å²) in [6.07, 6.45) is 1.81. The number of para-hydroxylation sites is 2. The molecule has 0 aliphatic carbocycles. The molecule has 3 aromatic carbocycles. The number of nitrogens with one attached hydrogen (secondary N) is 2. The van der Waals surface area contributed by atoms with Crippen molar-refractivity contribution in [3.8, 4) is 5.75 Å². The highest BCUT2D eigenvalue weighted by molar-refractivity contribution is 6.50. The number of nitrogens with zero attached hydrogens (tertiary/aromatic N) is 1. The number of carbonyl (C=O) groups excluding carboxylic acids is 1. The first kappa shape index (κ1) is 18.8. The van der Waals surface area contributed by atoms with E-state index in [1.165, 1.54) is 0 Å². The van der Waals surface area contributed by atoms with Crippen LogP contribution in [0.15, 0.2) is 72.8 Å². The summed E-state index contributed by atoms with van der Waals surface area (Å²) in [4.78, 5) is 20.2. The molecule has 0 saturated carbocycles. The van der Waals surface area contributed by atoms with Crippen LogP contribution in [0.2, 0.25) is 0 Å². The van der Waals surface area contributed by atoms with Crippen molar-refractivity contribution in [2.75, 3.05) is 12.4 Å². The van der Waals surface area contributed by atoms with Gasteiger partial charge in [0.05, 0.1) is 23.2 Å². The number of fused-ring (bicyclic) bond motifs is 1. The Morgan fingerprint density at radius 2 is 1.86 bits per heavy atom. The number of hydrogen-bond acceptors (Lipinski definition) is 3. The number of amides is 1. The number of H-pyrrole nitrogens is 1. The number of carbonyl (C=O) groups is 1. The number of aromatic amines is 1. The first-order valence-electron chi connectivity index (χ1n) is 9.00. The van der Waals surface area contributed by atoms with Gasteiger partial charge < -0.3 is 15.0 Å². The fourth-order valence-electron chi connectivity index (χ4n) is 2.93. The molecular formula is C23H18ClN3O2. The van der Waals surface area contributed by atoms with Gasteiger partial charge in [-0.15, -0.1) is 0 Å². The van der Waals surface area contributed by atoms with Gasteiger partial charge in [-0.25, -0.2) is 4.98 Å². The van der Waals surface area contributed by atoms with Gasteiger partial charge in [-0.3, -0.25) is 4.79 Å². The van der Waals surface area contributed by atoms with Crippen LogP contribution in [0, 0.1) is 0 Å². The smallest absolute Gasteiger partial charge is 0.255 e. The standard InChI is InChI=1S/C23H18ClN3O2/c1-29-18-11-9-16(10-12-18)23(28)25-17-6-4-5-15(13-17)14-19(24)22-26-20-7-2-3-8-21(20)27-22/h2-14H,1H3,(H,25,28)(H,26,27)/b19-14+.